The van der Waals surface area contributed by atoms with Crippen molar-refractivity contribution in [3.63, 3.8) is 0 Å². The van der Waals surface area contributed by atoms with Gasteiger partial charge in [-0.25, -0.2) is 24.1 Å². The van der Waals surface area contributed by atoms with Crippen LogP contribution in [0.2, 0.25) is 0 Å². The van der Waals surface area contributed by atoms with E-state index in [9.17, 15) is 29.4 Å². The maximum absolute atomic E-state index is 13.4. The van der Waals surface area contributed by atoms with Crippen molar-refractivity contribution in [2.45, 2.75) is 12.2 Å². The third-order valence-corrected chi connectivity index (χ3v) is 6.48. The van der Waals surface area contributed by atoms with Crippen molar-refractivity contribution < 1.29 is 43.6 Å². The number of ether oxygens (including phenoxy) is 3. The number of benzene rings is 3. The summed E-state index contributed by atoms with van der Waals surface area (Å²) in [6.07, 6.45) is -1.26. The van der Waals surface area contributed by atoms with Crippen LogP contribution >= 0.6 is 0 Å². The maximum Gasteiger partial charge on any atom is 0.338 e. The highest BCUT2D eigenvalue weighted by molar-refractivity contribution is 5.96. The lowest BCUT2D eigenvalue weighted by Gasteiger charge is -2.37. The van der Waals surface area contributed by atoms with Gasteiger partial charge in [0.25, 0.3) is 0 Å². The van der Waals surface area contributed by atoms with E-state index in [1.807, 2.05) is 24.3 Å². The second-order valence-electron chi connectivity index (χ2n) is 9.80. The van der Waals surface area contributed by atoms with E-state index in [0.717, 1.165) is 20.6 Å². The normalized spacial score (nSPS) is 15.4. The molecule has 1 heterocycles. The monoisotopic (exact) mass is 591 g/mol. The Kier molecular flexibility index (Phi) is 10.8. The summed E-state index contributed by atoms with van der Waals surface area (Å²) in [6.45, 7) is 1.43. The number of aliphatic hydroxyl groups excluding tert-OH is 2. The number of aliphatic hydroxyl groups is 2. The molecule has 0 bridgehead atoms. The molecule has 0 aliphatic carbocycles. The number of carbonyl (C=O) groups excluding carboxylic acids is 4. The quantitative estimate of drug-likeness (QED) is 0.240. The van der Waals surface area contributed by atoms with Crippen molar-refractivity contribution >= 4 is 34.8 Å². The average Bonchev–Trinajstić information content (AvgIpc) is 3.03. The molecular formula is C31H33N3O9. The van der Waals surface area contributed by atoms with E-state index in [1.165, 1.54) is 11.0 Å². The van der Waals surface area contributed by atoms with Crippen molar-refractivity contribution in [2.24, 2.45) is 0 Å². The number of nitrogens with zero attached hydrogens (tertiary/aromatic N) is 3. The summed E-state index contributed by atoms with van der Waals surface area (Å²) in [4.78, 5) is 54.6. The molecule has 0 spiro atoms. The zero-order valence-corrected chi connectivity index (χ0v) is 23.4. The van der Waals surface area contributed by atoms with E-state index < -0.39 is 56.0 Å². The van der Waals surface area contributed by atoms with E-state index >= 15 is 0 Å². The summed E-state index contributed by atoms with van der Waals surface area (Å²) in [6, 6.07) is 19.1. The van der Waals surface area contributed by atoms with E-state index in [2.05, 4.69) is 6.58 Å². The van der Waals surface area contributed by atoms with Gasteiger partial charge in [-0.15, -0.1) is 6.58 Å². The number of amides is 4. The zero-order chi connectivity index (χ0) is 30.8. The first-order valence-electron chi connectivity index (χ1n) is 13.5. The molecule has 12 nitrogen and oxygen atoms in total. The minimum atomic E-state index is -1.41. The lowest BCUT2D eigenvalue weighted by atomic mass is 10.1. The molecule has 226 valence electrons. The number of carbonyl (C=O) groups is 4. The van der Waals surface area contributed by atoms with Gasteiger partial charge in [-0.05, 0) is 35.0 Å². The molecule has 1 aliphatic heterocycles. The summed E-state index contributed by atoms with van der Waals surface area (Å²) in [5.74, 6) is -1.32. The van der Waals surface area contributed by atoms with Crippen molar-refractivity contribution in [1.82, 2.24) is 14.7 Å². The molecule has 12 heteroatoms. The maximum atomic E-state index is 13.4. The first-order valence-corrected chi connectivity index (χ1v) is 13.5. The van der Waals surface area contributed by atoms with Crippen LogP contribution in [0.15, 0.2) is 85.5 Å². The van der Waals surface area contributed by atoms with Crippen LogP contribution in [0.4, 0.5) is 9.59 Å². The summed E-state index contributed by atoms with van der Waals surface area (Å²) in [5, 5.41) is 23.0. The standard InChI is InChI=1S/C31H33N3O9/c1-2-14-32-20-41-21-33(16-26(35)18-42-28(37)23-9-4-3-5-10-23)31(40)34(30(32)39)17-27(36)19-43-29(38)25-13-12-22-8-6-7-11-24(22)15-25/h2-13,15,26-27,35-36H,1,14,16-21H2. The number of esters is 2. The van der Waals surface area contributed by atoms with Crippen LogP contribution in [0, 0.1) is 0 Å². The van der Waals surface area contributed by atoms with Gasteiger partial charge in [0, 0.05) is 6.54 Å². The van der Waals surface area contributed by atoms with Crippen LogP contribution < -0.4 is 0 Å². The Bertz CT molecular complexity index is 1450. The molecule has 0 aromatic heterocycles. The van der Waals surface area contributed by atoms with Gasteiger partial charge in [0.1, 0.15) is 38.9 Å². The summed E-state index contributed by atoms with van der Waals surface area (Å²) >= 11 is 0. The molecule has 3 aromatic carbocycles. The number of hydrogen-bond donors (Lipinski definition) is 2. The fourth-order valence-electron chi connectivity index (χ4n) is 4.34. The van der Waals surface area contributed by atoms with Crippen LogP contribution in [0.25, 0.3) is 10.8 Å². The van der Waals surface area contributed by atoms with Crippen LogP contribution in [-0.2, 0) is 14.2 Å². The van der Waals surface area contributed by atoms with Gasteiger partial charge < -0.3 is 24.4 Å². The number of imide groups is 1. The molecule has 3 aromatic rings. The summed E-state index contributed by atoms with van der Waals surface area (Å²) < 4.78 is 15.9. The predicted molar refractivity (Wildman–Crippen MR) is 155 cm³/mol. The van der Waals surface area contributed by atoms with E-state index in [-0.39, 0.29) is 32.1 Å². The van der Waals surface area contributed by atoms with Gasteiger partial charge >= 0.3 is 24.0 Å². The molecule has 1 aliphatic rings. The van der Waals surface area contributed by atoms with Crippen molar-refractivity contribution in [1.29, 1.82) is 0 Å². The van der Waals surface area contributed by atoms with Crippen LogP contribution in [0.3, 0.4) is 0 Å². The first-order chi connectivity index (χ1) is 20.8. The Balaban J connectivity index is 1.38. The number of fused-ring (bicyclic) bond motifs is 1. The van der Waals surface area contributed by atoms with Gasteiger partial charge in [0.2, 0.25) is 0 Å². The first kappa shape index (κ1) is 31.2. The summed E-state index contributed by atoms with van der Waals surface area (Å²) in [5.41, 5.74) is 0.585. The number of hydrogen-bond acceptors (Lipinski definition) is 9. The van der Waals surface area contributed by atoms with Gasteiger partial charge in [0.05, 0.1) is 24.2 Å². The molecule has 2 atom stereocenters. The zero-order valence-electron chi connectivity index (χ0n) is 23.4. The number of rotatable bonds is 12. The van der Waals surface area contributed by atoms with Crippen LogP contribution in [0.5, 0.6) is 0 Å². The molecule has 43 heavy (non-hydrogen) atoms. The van der Waals surface area contributed by atoms with Gasteiger partial charge in [-0.2, -0.15) is 0 Å². The molecule has 0 radical (unpaired) electrons. The van der Waals surface area contributed by atoms with E-state index in [4.69, 9.17) is 14.2 Å². The van der Waals surface area contributed by atoms with E-state index in [0.29, 0.717) is 5.56 Å². The van der Waals surface area contributed by atoms with Crippen LogP contribution in [-0.4, -0.2) is 107 Å². The fourth-order valence-corrected chi connectivity index (χ4v) is 4.34. The fraction of sp³-hybridized carbons (Fsp3) is 0.290. The Morgan fingerprint density at radius 1 is 0.791 bits per heavy atom. The Hall–Kier alpha value is -4.78. The predicted octanol–water partition coefficient (Wildman–Crippen LogP) is 2.85. The van der Waals surface area contributed by atoms with Gasteiger partial charge in [0.15, 0.2) is 0 Å². The largest absolute Gasteiger partial charge is 0.459 e. The molecule has 2 N–H and O–H groups in total. The Morgan fingerprint density at radius 3 is 2.07 bits per heavy atom. The van der Waals surface area contributed by atoms with Crippen molar-refractivity contribution in [2.75, 3.05) is 46.3 Å². The number of urea groups is 2. The third kappa shape index (κ3) is 8.38. The summed E-state index contributed by atoms with van der Waals surface area (Å²) in [7, 11) is 0. The average molecular weight is 592 g/mol. The molecule has 1 saturated heterocycles. The van der Waals surface area contributed by atoms with Crippen LogP contribution in [0.1, 0.15) is 20.7 Å². The lowest BCUT2D eigenvalue weighted by molar-refractivity contribution is -0.0439. The highest BCUT2D eigenvalue weighted by Crippen LogP contribution is 2.17. The third-order valence-electron chi connectivity index (χ3n) is 6.48. The SMILES string of the molecule is C=CCN1COCN(CC(O)COC(=O)c2ccccc2)C(=O)N(CC(O)COC(=O)c2ccc3ccccc3c2)C1=O. The molecule has 1 fully saturated rings. The topological polar surface area (TPSA) is 146 Å². The second kappa shape index (κ2) is 14.9. The Morgan fingerprint density at radius 2 is 1.37 bits per heavy atom. The smallest absolute Gasteiger partial charge is 0.338 e. The second-order valence-corrected chi connectivity index (χ2v) is 9.80. The van der Waals surface area contributed by atoms with E-state index in [1.54, 1.807) is 48.5 Å². The minimum absolute atomic E-state index is 0.0632. The van der Waals surface area contributed by atoms with Crippen molar-refractivity contribution in [3.05, 3.63) is 96.6 Å². The number of β-amino-alcohol motifs (C(OH)–C–C–N with tert-alkyl or cyclic N) is 2. The molecular weight excluding hydrogens is 558 g/mol. The lowest BCUT2D eigenvalue weighted by Crippen LogP contribution is -2.58. The Labute approximate surface area is 248 Å². The highest BCUT2D eigenvalue weighted by atomic mass is 16.5. The molecule has 4 rings (SSSR count). The highest BCUT2D eigenvalue weighted by Gasteiger charge is 2.35. The van der Waals surface area contributed by atoms with Crippen molar-refractivity contribution in [3.8, 4) is 0 Å². The minimum Gasteiger partial charge on any atom is -0.459 e. The van der Waals surface area contributed by atoms with Gasteiger partial charge in [-0.1, -0.05) is 54.6 Å². The van der Waals surface area contributed by atoms with Gasteiger partial charge in [-0.3, -0.25) is 9.80 Å². The molecule has 4 amide bonds. The molecule has 0 saturated carbocycles. The molecule has 2 unspecified atom stereocenters.